The first-order valence-corrected chi connectivity index (χ1v) is 7.57. The SMILES string of the molecule is CCNC(=O)NCc1cccc(NC(=O)c2ccc(C)cc2)c1. The van der Waals surface area contributed by atoms with Crippen molar-refractivity contribution in [1.29, 1.82) is 0 Å². The predicted molar refractivity (Wildman–Crippen MR) is 91.5 cm³/mol. The van der Waals surface area contributed by atoms with E-state index in [1.165, 1.54) is 0 Å². The molecule has 5 heteroatoms. The predicted octanol–water partition coefficient (Wildman–Crippen LogP) is 3.07. The zero-order chi connectivity index (χ0) is 16.7. The van der Waals surface area contributed by atoms with Crippen LogP contribution in [0.15, 0.2) is 48.5 Å². The third-order valence-corrected chi connectivity index (χ3v) is 3.29. The molecule has 0 bridgehead atoms. The lowest BCUT2D eigenvalue weighted by Gasteiger charge is -2.09. The molecular weight excluding hydrogens is 290 g/mol. The first-order chi connectivity index (χ1) is 11.1. The monoisotopic (exact) mass is 311 g/mol. The van der Waals surface area contributed by atoms with E-state index in [1.807, 2.05) is 50.2 Å². The number of anilines is 1. The third kappa shape index (κ3) is 5.14. The number of amides is 3. The molecule has 2 rings (SSSR count). The Balaban J connectivity index is 1.98. The maximum atomic E-state index is 12.2. The molecule has 5 nitrogen and oxygen atoms in total. The lowest BCUT2D eigenvalue weighted by atomic mass is 10.1. The summed E-state index contributed by atoms with van der Waals surface area (Å²) in [5, 5.41) is 8.29. The molecule has 23 heavy (non-hydrogen) atoms. The van der Waals surface area contributed by atoms with Crippen molar-refractivity contribution in [1.82, 2.24) is 10.6 Å². The summed E-state index contributed by atoms with van der Waals surface area (Å²) in [5.41, 5.74) is 3.34. The van der Waals surface area contributed by atoms with Gasteiger partial charge in [0.05, 0.1) is 0 Å². The number of urea groups is 1. The Morgan fingerprint density at radius 1 is 1.00 bits per heavy atom. The molecule has 0 heterocycles. The van der Waals surface area contributed by atoms with Gasteiger partial charge in [-0.1, -0.05) is 29.8 Å². The fourth-order valence-electron chi connectivity index (χ4n) is 2.07. The molecule has 2 aromatic carbocycles. The van der Waals surface area contributed by atoms with Gasteiger partial charge in [0, 0.05) is 24.3 Å². The minimum Gasteiger partial charge on any atom is -0.338 e. The Morgan fingerprint density at radius 3 is 2.43 bits per heavy atom. The second-order valence-corrected chi connectivity index (χ2v) is 5.23. The third-order valence-electron chi connectivity index (χ3n) is 3.29. The number of carbonyl (C=O) groups is 2. The van der Waals surface area contributed by atoms with E-state index in [1.54, 1.807) is 12.1 Å². The van der Waals surface area contributed by atoms with E-state index in [0.717, 1.165) is 11.1 Å². The number of hydrogen-bond donors (Lipinski definition) is 3. The van der Waals surface area contributed by atoms with Gasteiger partial charge < -0.3 is 16.0 Å². The van der Waals surface area contributed by atoms with Crippen molar-refractivity contribution in [2.75, 3.05) is 11.9 Å². The quantitative estimate of drug-likeness (QED) is 0.794. The van der Waals surface area contributed by atoms with Crippen molar-refractivity contribution in [2.45, 2.75) is 20.4 Å². The first-order valence-electron chi connectivity index (χ1n) is 7.57. The van der Waals surface area contributed by atoms with Gasteiger partial charge in [-0.3, -0.25) is 4.79 Å². The van der Waals surface area contributed by atoms with Crippen molar-refractivity contribution in [3.05, 3.63) is 65.2 Å². The fraction of sp³-hybridized carbons (Fsp3) is 0.222. The average molecular weight is 311 g/mol. The van der Waals surface area contributed by atoms with E-state index in [2.05, 4.69) is 16.0 Å². The number of aryl methyl sites for hydroxylation is 1. The van der Waals surface area contributed by atoms with Gasteiger partial charge in [0.1, 0.15) is 0 Å². The van der Waals surface area contributed by atoms with E-state index in [-0.39, 0.29) is 11.9 Å². The van der Waals surface area contributed by atoms with Gasteiger partial charge >= 0.3 is 6.03 Å². The highest BCUT2D eigenvalue weighted by Crippen LogP contribution is 2.13. The molecule has 0 fully saturated rings. The normalized spacial score (nSPS) is 10.0. The van der Waals surface area contributed by atoms with Crippen molar-refractivity contribution in [3.8, 4) is 0 Å². The molecule has 0 saturated carbocycles. The van der Waals surface area contributed by atoms with Crippen LogP contribution in [0, 0.1) is 6.92 Å². The van der Waals surface area contributed by atoms with Crippen molar-refractivity contribution in [3.63, 3.8) is 0 Å². The lowest BCUT2D eigenvalue weighted by Crippen LogP contribution is -2.34. The highest BCUT2D eigenvalue weighted by Gasteiger charge is 2.06. The van der Waals surface area contributed by atoms with Crippen LogP contribution in [0.25, 0.3) is 0 Å². The maximum Gasteiger partial charge on any atom is 0.315 e. The summed E-state index contributed by atoms with van der Waals surface area (Å²) in [6, 6.07) is 14.6. The van der Waals surface area contributed by atoms with E-state index in [4.69, 9.17) is 0 Å². The summed E-state index contributed by atoms with van der Waals surface area (Å²) in [4.78, 5) is 23.6. The number of nitrogens with one attached hydrogen (secondary N) is 3. The molecule has 120 valence electrons. The average Bonchev–Trinajstić information content (AvgIpc) is 2.54. The standard InChI is InChI=1S/C18H21N3O2/c1-3-19-18(23)20-12-14-5-4-6-16(11-14)21-17(22)15-9-7-13(2)8-10-15/h4-11H,3,12H2,1-2H3,(H,21,22)(H2,19,20,23). The van der Waals surface area contributed by atoms with E-state index < -0.39 is 0 Å². The Hall–Kier alpha value is -2.82. The highest BCUT2D eigenvalue weighted by atomic mass is 16.2. The fourth-order valence-corrected chi connectivity index (χ4v) is 2.07. The molecule has 0 spiro atoms. The van der Waals surface area contributed by atoms with Crippen LogP contribution in [0.2, 0.25) is 0 Å². The second-order valence-electron chi connectivity index (χ2n) is 5.23. The van der Waals surface area contributed by atoms with Crippen LogP contribution >= 0.6 is 0 Å². The molecular formula is C18H21N3O2. The molecule has 0 unspecified atom stereocenters. The lowest BCUT2D eigenvalue weighted by molar-refractivity contribution is 0.102. The van der Waals surface area contributed by atoms with Crippen molar-refractivity contribution >= 4 is 17.6 Å². The van der Waals surface area contributed by atoms with Gasteiger partial charge in [0.15, 0.2) is 0 Å². The Morgan fingerprint density at radius 2 is 1.74 bits per heavy atom. The molecule has 2 aromatic rings. The molecule has 0 aliphatic carbocycles. The smallest absolute Gasteiger partial charge is 0.315 e. The molecule has 3 N–H and O–H groups in total. The Labute approximate surface area is 136 Å². The Bertz CT molecular complexity index is 681. The van der Waals surface area contributed by atoms with Gasteiger partial charge in [-0.05, 0) is 43.7 Å². The first kappa shape index (κ1) is 16.5. The van der Waals surface area contributed by atoms with Crippen LogP contribution < -0.4 is 16.0 Å². The molecule has 0 atom stereocenters. The Kier molecular flexibility index (Phi) is 5.74. The highest BCUT2D eigenvalue weighted by molar-refractivity contribution is 6.04. The van der Waals surface area contributed by atoms with E-state index in [9.17, 15) is 9.59 Å². The summed E-state index contributed by atoms with van der Waals surface area (Å²) in [6.07, 6.45) is 0. The van der Waals surface area contributed by atoms with Crippen LogP contribution in [0.5, 0.6) is 0 Å². The maximum absolute atomic E-state index is 12.2. The molecule has 3 amide bonds. The van der Waals surface area contributed by atoms with Crippen molar-refractivity contribution in [2.24, 2.45) is 0 Å². The zero-order valence-electron chi connectivity index (χ0n) is 13.3. The molecule has 0 aliphatic heterocycles. The number of benzene rings is 2. The van der Waals surface area contributed by atoms with Gasteiger partial charge in [-0.2, -0.15) is 0 Å². The van der Waals surface area contributed by atoms with Crippen LogP contribution in [-0.2, 0) is 6.54 Å². The van der Waals surface area contributed by atoms with E-state index in [0.29, 0.717) is 24.3 Å². The number of carbonyl (C=O) groups excluding carboxylic acids is 2. The summed E-state index contributed by atoms with van der Waals surface area (Å²) in [5.74, 6) is -0.154. The van der Waals surface area contributed by atoms with Crippen molar-refractivity contribution < 1.29 is 9.59 Å². The van der Waals surface area contributed by atoms with E-state index >= 15 is 0 Å². The summed E-state index contributed by atoms with van der Waals surface area (Å²) >= 11 is 0. The number of rotatable bonds is 5. The minimum absolute atomic E-state index is 0.154. The van der Waals surface area contributed by atoms with Crippen LogP contribution in [0.3, 0.4) is 0 Å². The molecule has 0 aromatic heterocycles. The van der Waals surface area contributed by atoms with Crippen LogP contribution in [0.4, 0.5) is 10.5 Å². The number of hydrogen-bond acceptors (Lipinski definition) is 2. The molecule has 0 saturated heterocycles. The topological polar surface area (TPSA) is 70.2 Å². The van der Waals surface area contributed by atoms with Crippen LogP contribution in [0.1, 0.15) is 28.4 Å². The molecule has 0 aliphatic rings. The van der Waals surface area contributed by atoms with Gasteiger partial charge in [0.25, 0.3) is 5.91 Å². The minimum atomic E-state index is -0.207. The largest absolute Gasteiger partial charge is 0.338 e. The van der Waals surface area contributed by atoms with Gasteiger partial charge in [-0.25, -0.2) is 4.79 Å². The van der Waals surface area contributed by atoms with Gasteiger partial charge in [-0.15, -0.1) is 0 Å². The summed E-state index contributed by atoms with van der Waals surface area (Å²) in [7, 11) is 0. The summed E-state index contributed by atoms with van der Waals surface area (Å²) in [6.45, 7) is 4.83. The zero-order valence-corrected chi connectivity index (χ0v) is 13.3. The second kappa shape index (κ2) is 7.98. The molecule has 0 radical (unpaired) electrons. The van der Waals surface area contributed by atoms with Crippen LogP contribution in [-0.4, -0.2) is 18.5 Å². The van der Waals surface area contributed by atoms with Gasteiger partial charge in [0.2, 0.25) is 0 Å². The summed E-state index contributed by atoms with van der Waals surface area (Å²) < 4.78 is 0.